The van der Waals surface area contributed by atoms with Crippen LogP contribution in [0.5, 0.6) is 0 Å². The molecule has 1 aliphatic rings. The quantitative estimate of drug-likeness (QED) is 0.637. The van der Waals surface area contributed by atoms with Crippen LogP contribution < -0.4 is 11.1 Å². The Kier molecular flexibility index (Phi) is 3.68. The predicted molar refractivity (Wildman–Crippen MR) is 55.0 cm³/mol. The summed E-state index contributed by atoms with van der Waals surface area (Å²) in [7, 11) is 1.30. The van der Waals surface area contributed by atoms with Gasteiger partial charge >= 0.3 is 5.97 Å². The van der Waals surface area contributed by atoms with Crippen LogP contribution in [0, 0.1) is 5.92 Å². The number of nitrogens with one attached hydrogen (secondary N) is 1. The molecule has 1 saturated heterocycles. The Balaban J connectivity index is 2.59. The van der Waals surface area contributed by atoms with E-state index in [9.17, 15) is 9.59 Å². The average molecular weight is 214 g/mol. The first kappa shape index (κ1) is 12.0. The van der Waals surface area contributed by atoms with Gasteiger partial charge in [0.05, 0.1) is 7.11 Å². The summed E-state index contributed by atoms with van der Waals surface area (Å²) in [6, 6.07) is 0. The number of methoxy groups -OCH3 is 1. The zero-order chi connectivity index (χ0) is 11.5. The number of carbonyl (C=O) groups excluding carboxylic acids is 2. The number of amides is 1. The van der Waals surface area contributed by atoms with Crippen LogP contribution >= 0.6 is 0 Å². The van der Waals surface area contributed by atoms with E-state index < -0.39 is 11.5 Å². The summed E-state index contributed by atoms with van der Waals surface area (Å²) >= 11 is 0. The van der Waals surface area contributed by atoms with Gasteiger partial charge in [-0.15, -0.1) is 0 Å². The highest BCUT2D eigenvalue weighted by Gasteiger charge is 2.36. The molecular weight excluding hydrogens is 196 g/mol. The van der Waals surface area contributed by atoms with Crippen molar-refractivity contribution in [3.05, 3.63) is 0 Å². The average Bonchev–Trinajstić information content (AvgIpc) is 2.20. The molecule has 1 rings (SSSR count). The third-order valence-corrected chi connectivity index (χ3v) is 2.72. The molecule has 1 amide bonds. The van der Waals surface area contributed by atoms with Gasteiger partial charge in [-0.2, -0.15) is 0 Å². The Bertz CT molecular complexity index is 263. The van der Waals surface area contributed by atoms with E-state index in [2.05, 4.69) is 10.1 Å². The Morgan fingerprint density at radius 1 is 1.73 bits per heavy atom. The molecule has 5 heteroatoms. The van der Waals surface area contributed by atoms with Crippen molar-refractivity contribution in [3.63, 3.8) is 0 Å². The van der Waals surface area contributed by atoms with E-state index in [1.165, 1.54) is 7.11 Å². The molecule has 15 heavy (non-hydrogen) atoms. The molecule has 1 fully saturated rings. The summed E-state index contributed by atoms with van der Waals surface area (Å²) in [5, 5.41) is 2.77. The molecule has 0 saturated carbocycles. The summed E-state index contributed by atoms with van der Waals surface area (Å²) in [5.74, 6) is -0.657. The number of rotatable bonds is 3. The van der Waals surface area contributed by atoms with Crippen molar-refractivity contribution < 1.29 is 14.3 Å². The third-order valence-electron chi connectivity index (χ3n) is 2.72. The maximum absolute atomic E-state index is 11.5. The fourth-order valence-electron chi connectivity index (χ4n) is 1.86. The molecule has 5 nitrogen and oxygen atoms in total. The third kappa shape index (κ3) is 2.92. The van der Waals surface area contributed by atoms with E-state index in [1.54, 1.807) is 6.92 Å². The summed E-state index contributed by atoms with van der Waals surface area (Å²) in [6.07, 6.45) is 2.06. The summed E-state index contributed by atoms with van der Waals surface area (Å²) in [5.41, 5.74) is 4.73. The Morgan fingerprint density at radius 2 is 2.40 bits per heavy atom. The van der Waals surface area contributed by atoms with Gasteiger partial charge in [0.25, 0.3) is 0 Å². The molecule has 0 unspecified atom stereocenters. The van der Waals surface area contributed by atoms with Gasteiger partial charge in [-0.1, -0.05) is 0 Å². The second kappa shape index (κ2) is 4.61. The second-order valence-electron chi connectivity index (χ2n) is 4.24. The number of hydrogen-bond acceptors (Lipinski definition) is 4. The minimum absolute atomic E-state index is 0.0122. The molecule has 0 radical (unpaired) electrons. The van der Waals surface area contributed by atoms with Crippen molar-refractivity contribution in [3.8, 4) is 0 Å². The van der Waals surface area contributed by atoms with Gasteiger partial charge in [-0.3, -0.25) is 9.59 Å². The van der Waals surface area contributed by atoms with Gasteiger partial charge < -0.3 is 15.8 Å². The second-order valence-corrected chi connectivity index (χ2v) is 4.24. The fraction of sp³-hybridized carbons (Fsp3) is 0.800. The van der Waals surface area contributed by atoms with E-state index in [-0.39, 0.29) is 11.8 Å². The molecule has 0 aliphatic carbocycles. The van der Waals surface area contributed by atoms with E-state index in [0.29, 0.717) is 6.42 Å². The van der Waals surface area contributed by atoms with Crippen molar-refractivity contribution in [2.24, 2.45) is 11.7 Å². The molecule has 0 spiro atoms. The monoisotopic (exact) mass is 214 g/mol. The van der Waals surface area contributed by atoms with Crippen LogP contribution in [-0.2, 0) is 14.3 Å². The van der Waals surface area contributed by atoms with Gasteiger partial charge in [-0.25, -0.2) is 0 Å². The lowest BCUT2D eigenvalue weighted by Crippen LogP contribution is -2.50. The zero-order valence-corrected chi connectivity index (χ0v) is 9.21. The van der Waals surface area contributed by atoms with Gasteiger partial charge in [0.2, 0.25) is 5.91 Å². The molecular formula is C10H18N2O3. The maximum atomic E-state index is 11.5. The number of nitrogens with two attached hydrogens (primary N) is 1. The lowest BCUT2D eigenvalue weighted by molar-refractivity contribution is -0.147. The standard InChI is InChI=1S/C10H18N2O3/c1-10(11,9(14)15-2)6-7-4-3-5-12-8(7)13/h7H,3-6,11H2,1-2H3,(H,12,13)/t7-,10-/m0/s1. The van der Waals surface area contributed by atoms with E-state index in [4.69, 9.17) is 5.73 Å². The van der Waals surface area contributed by atoms with Crippen molar-refractivity contribution in [2.45, 2.75) is 31.7 Å². The van der Waals surface area contributed by atoms with Crippen LogP contribution in [0.3, 0.4) is 0 Å². The smallest absolute Gasteiger partial charge is 0.325 e. The highest BCUT2D eigenvalue weighted by molar-refractivity contribution is 5.83. The summed E-state index contributed by atoms with van der Waals surface area (Å²) in [4.78, 5) is 22.8. The number of esters is 1. The van der Waals surface area contributed by atoms with Crippen LogP contribution in [0.1, 0.15) is 26.2 Å². The van der Waals surface area contributed by atoms with Gasteiger partial charge in [0.1, 0.15) is 5.54 Å². The van der Waals surface area contributed by atoms with Gasteiger partial charge in [0, 0.05) is 12.5 Å². The number of ether oxygens (including phenoxy) is 1. The first-order chi connectivity index (χ1) is 6.97. The molecule has 0 aromatic rings. The SMILES string of the molecule is COC(=O)[C@@](C)(N)C[C@@H]1CCCNC1=O. The lowest BCUT2D eigenvalue weighted by Gasteiger charge is -2.28. The van der Waals surface area contributed by atoms with E-state index >= 15 is 0 Å². The van der Waals surface area contributed by atoms with Gasteiger partial charge in [-0.05, 0) is 26.2 Å². The molecule has 1 heterocycles. The topological polar surface area (TPSA) is 81.4 Å². The molecule has 2 atom stereocenters. The van der Waals surface area contributed by atoms with Gasteiger partial charge in [0.15, 0.2) is 0 Å². The first-order valence-electron chi connectivity index (χ1n) is 5.12. The van der Waals surface area contributed by atoms with Crippen molar-refractivity contribution in [1.82, 2.24) is 5.32 Å². The molecule has 0 bridgehead atoms. The Labute approximate surface area is 89.3 Å². The molecule has 3 N–H and O–H groups in total. The number of carbonyl (C=O) groups is 2. The first-order valence-corrected chi connectivity index (χ1v) is 5.12. The Hall–Kier alpha value is -1.10. The number of hydrogen-bond donors (Lipinski definition) is 2. The van der Waals surface area contributed by atoms with E-state index in [1.807, 2.05) is 0 Å². The summed E-state index contributed by atoms with van der Waals surface area (Å²) in [6.45, 7) is 2.32. The van der Waals surface area contributed by atoms with Crippen LogP contribution in [-0.4, -0.2) is 31.1 Å². The molecule has 0 aromatic carbocycles. The molecule has 0 aromatic heterocycles. The maximum Gasteiger partial charge on any atom is 0.325 e. The van der Waals surface area contributed by atoms with Crippen molar-refractivity contribution in [1.29, 1.82) is 0 Å². The van der Waals surface area contributed by atoms with Crippen LogP contribution in [0.2, 0.25) is 0 Å². The summed E-state index contributed by atoms with van der Waals surface area (Å²) < 4.78 is 4.60. The number of piperidine rings is 1. The minimum atomic E-state index is -1.08. The van der Waals surface area contributed by atoms with Crippen molar-refractivity contribution in [2.75, 3.05) is 13.7 Å². The van der Waals surface area contributed by atoms with Crippen LogP contribution in [0.4, 0.5) is 0 Å². The molecule has 86 valence electrons. The van der Waals surface area contributed by atoms with Crippen molar-refractivity contribution >= 4 is 11.9 Å². The highest BCUT2D eigenvalue weighted by Crippen LogP contribution is 2.22. The zero-order valence-electron chi connectivity index (χ0n) is 9.21. The minimum Gasteiger partial charge on any atom is -0.468 e. The van der Waals surface area contributed by atoms with E-state index in [0.717, 1.165) is 19.4 Å². The molecule has 1 aliphatic heterocycles. The normalized spacial score (nSPS) is 25.3. The predicted octanol–water partition coefficient (Wildman–Crippen LogP) is -0.207. The fourth-order valence-corrected chi connectivity index (χ4v) is 1.86. The van der Waals surface area contributed by atoms with Crippen LogP contribution in [0.15, 0.2) is 0 Å². The Morgan fingerprint density at radius 3 is 2.93 bits per heavy atom. The highest BCUT2D eigenvalue weighted by atomic mass is 16.5. The largest absolute Gasteiger partial charge is 0.468 e. The van der Waals surface area contributed by atoms with Crippen LogP contribution in [0.25, 0.3) is 0 Å². The lowest BCUT2D eigenvalue weighted by atomic mass is 9.85.